The second-order valence-electron chi connectivity index (χ2n) is 5.76. The standard InChI is InChI=1S/C20H23FN2O3/c1-4-23(5-2)18-12-6-15(7-13-18)20(25)26-14(3)19(24)22-17-10-8-16(21)9-11-17/h6-14H,4-5H2,1-3H3,(H,22,24)/t14-/m0/s1. The van der Waals surface area contributed by atoms with E-state index in [-0.39, 0.29) is 0 Å². The van der Waals surface area contributed by atoms with Crippen molar-refractivity contribution >= 4 is 23.3 Å². The Kier molecular flexibility index (Phi) is 6.72. The molecule has 26 heavy (non-hydrogen) atoms. The van der Waals surface area contributed by atoms with Gasteiger partial charge in [0.05, 0.1) is 5.56 Å². The highest BCUT2D eigenvalue weighted by Gasteiger charge is 2.19. The van der Waals surface area contributed by atoms with E-state index >= 15 is 0 Å². The van der Waals surface area contributed by atoms with Gasteiger partial charge in [-0.05, 0) is 69.3 Å². The van der Waals surface area contributed by atoms with Gasteiger partial charge in [-0.15, -0.1) is 0 Å². The van der Waals surface area contributed by atoms with Gasteiger partial charge in [-0.3, -0.25) is 4.79 Å². The highest BCUT2D eigenvalue weighted by Crippen LogP contribution is 2.16. The third-order valence-corrected chi connectivity index (χ3v) is 4.00. The molecule has 0 heterocycles. The van der Waals surface area contributed by atoms with E-state index in [1.807, 2.05) is 12.1 Å². The molecule has 2 aromatic carbocycles. The highest BCUT2D eigenvalue weighted by molar-refractivity contribution is 5.97. The molecule has 0 aliphatic heterocycles. The topological polar surface area (TPSA) is 58.6 Å². The Morgan fingerprint density at radius 2 is 1.62 bits per heavy atom. The summed E-state index contributed by atoms with van der Waals surface area (Å²) in [5, 5.41) is 2.58. The predicted octanol–water partition coefficient (Wildman–Crippen LogP) is 3.86. The summed E-state index contributed by atoms with van der Waals surface area (Å²) in [7, 11) is 0. The third kappa shape index (κ3) is 5.05. The van der Waals surface area contributed by atoms with Crippen LogP contribution in [-0.2, 0) is 9.53 Å². The van der Waals surface area contributed by atoms with Crippen molar-refractivity contribution in [2.24, 2.45) is 0 Å². The van der Waals surface area contributed by atoms with Crippen LogP contribution < -0.4 is 10.2 Å². The number of anilines is 2. The summed E-state index contributed by atoms with van der Waals surface area (Å²) in [5.41, 5.74) is 1.83. The fourth-order valence-corrected chi connectivity index (χ4v) is 2.46. The van der Waals surface area contributed by atoms with Crippen LogP contribution in [0.25, 0.3) is 0 Å². The summed E-state index contributed by atoms with van der Waals surface area (Å²) < 4.78 is 18.1. The van der Waals surface area contributed by atoms with Crippen LogP contribution in [0.2, 0.25) is 0 Å². The SMILES string of the molecule is CCN(CC)c1ccc(C(=O)O[C@@H](C)C(=O)Nc2ccc(F)cc2)cc1. The molecular weight excluding hydrogens is 335 g/mol. The van der Waals surface area contributed by atoms with Crippen molar-refractivity contribution in [3.63, 3.8) is 0 Å². The summed E-state index contributed by atoms with van der Waals surface area (Å²) in [6.45, 7) is 7.36. The van der Waals surface area contributed by atoms with Gasteiger partial charge in [0.15, 0.2) is 6.10 Å². The third-order valence-electron chi connectivity index (χ3n) is 4.00. The van der Waals surface area contributed by atoms with Crippen molar-refractivity contribution < 1.29 is 18.7 Å². The molecule has 0 aromatic heterocycles. The summed E-state index contributed by atoms with van der Waals surface area (Å²) in [6, 6.07) is 12.4. The Morgan fingerprint density at radius 1 is 1.04 bits per heavy atom. The minimum atomic E-state index is -0.977. The molecule has 0 bridgehead atoms. The number of amides is 1. The smallest absolute Gasteiger partial charge is 0.338 e. The second kappa shape index (κ2) is 8.99. The van der Waals surface area contributed by atoms with E-state index in [0.29, 0.717) is 11.3 Å². The van der Waals surface area contributed by atoms with Gasteiger partial charge in [0, 0.05) is 24.5 Å². The number of carbonyl (C=O) groups excluding carboxylic acids is 2. The molecule has 0 aliphatic carbocycles. The molecular formula is C20H23FN2O3. The number of hydrogen-bond donors (Lipinski definition) is 1. The molecule has 0 radical (unpaired) electrons. The lowest BCUT2D eigenvalue weighted by Crippen LogP contribution is -2.30. The van der Waals surface area contributed by atoms with Crippen LogP contribution in [0.1, 0.15) is 31.1 Å². The molecule has 0 fully saturated rings. The van der Waals surface area contributed by atoms with Crippen LogP contribution in [-0.4, -0.2) is 31.1 Å². The molecule has 0 aliphatic rings. The molecule has 2 aromatic rings. The zero-order valence-electron chi connectivity index (χ0n) is 15.2. The average molecular weight is 358 g/mol. The molecule has 0 spiro atoms. The molecule has 1 atom stereocenters. The number of halogens is 1. The quantitative estimate of drug-likeness (QED) is 0.764. The first-order valence-electron chi connectivity index (χ1n) is 8.57. The fraction of sp³-hybridized carbons (Fsp3) is 0.300. The zero-order chi connectivity index (χ0) is 19.1. The predicted molar refractivity (Wildman–Crippen MR) is 99.9 cm³/mol. The molecule has 2 rings (SSSR count). The normalized spacial score (nSPS) is 11.5. The first-order chi connectivity index (χ1) is 12.4. The van der Waals surface area contributed by atoms with E-state index < -0.39 is 23.8 Å². The zero-order valence-corrected chi connectivity index (χ0v) is 15.2. The monoisotopic (exact) mass is 358 g/mol. The van der Waals surface area contributed by atoms with Gasteiger partial charge in [0.2, 0.25) is 0 Å². The number of rotatable bonds is 7. The van der Waals surface area contributed by atoms with Crippen LogP contribution in [0, 0.1) is 5.82 Å². The van der Waals surface area contributed by atoms with E-state index in [1.165, 1.54) is 31.2 Å². The van der Waals surface area contributed by atoms with Gasteiger partial charge in [-0.1, -0.05) is 0 Å². The second-order valence-corrected chi connectivity index (χ2v) is 5.76. The van der Waals surface area contributed by atoms with Crippen LogP contribution >= 0.6 is 0 Å². The number of nitrogens with one attached hydrogen (secondary N) is 1. The average Bonchev–Trinajstić information content (AvgIpc) is 2.65. The van der Waals surface area contributed by atoms with Crippen molar-refractivity contribution in [1.82, 2.24) is 0 Å². The van der Waals surface area contributed by atoms with Gasteiger partial charge >= 0.3 is 5.97 Å². The van der Waals surface area contributed by atoms with E-state index in [1.54, 1.807) is 12.1 Å². The number of esters is 1. The number of ether oxygens (including phenoxy) is 1. The van der Waals surface area contributed by atoms with Crippen molar-refractivity contribution in [2.75, 3.05) is 23.3 Å². The first kappa shape index (κ1) is 19.4. The molecule has 1 N–H and O–H groups in total. The molecule has 1 amide bonds. The van der Waals surface area contributed by atoms with E-state index in [4.69, 9.17) is 4.74 Å². The molecule has 5 nitrogen and oxygen atoms in total. The molecule has 138 valence electrons. The summed E-state index contributed by atoms with van der Waals surface area (Å²) in [4.78, 5) is 26.5. The Balaban J connectivity index is 1.95. The van der Waals surface area contributed by atoms with Crippen LogP contribution in [0.3, 0.4) is 0 Å². The van der Waals surface area contributed by atoms with Crippen LogP contribution in [0.4, 0.5) is 15.8 Å². The van der Waals surface area contributed by atoms with Gasteiger partial charge in [0.1, 0.15) is 5.82 Å². The maximum Gasteiger partial charge on any atom is 0.338 e. The van der Waals surface area contributed by atoms with Gasteiger partial charge < -0.3 is 15.0 Å². The van der Waals surface area contributed by atoms with Crippen LogP contribution in [0.5, 0.6) is 0 Å². The fourth-order valence-electron chi connectivity index (χ4n) is 2.46. The Labute approximate surface area is 152 Å². The van der Waals surface area contributed by atoms with Crippen molar-refractivity contribution in [3.05, 3.63) is 59.9 Å². The minimum absolute atomic E-state index is 0.377. The van der Waals surface area contributed by atoms with Gasteiger partial charge in [-0.25, -0.2) is 9.18 Å². The van der Waals surface area contributed by atoms with Crippen molar-refractivity contribution in [3.8, 4) is 0 Å². The Morgan fingerprint density at radius 3 is 2.15 bits per heavy atom. The lowest BCUT2D eigenvalue weighted by molar-refractivity contribution is -0.123. The lowest BCUT2D eigenvalue weighted by atomic mass is 10.2. The number of benzene rings is 2. The maximum absolute atomic E-state index is 12.9. The Bertz CT molecular complexity index is 741. The van der Waals surface area contributed by atoms with Crippen molar-refractivity contribution in [2.45, 2.75) is 26.9 Å². The van der Waals surface area contributed by atoms with Gasteiger partial charge in [-0.2, -0.15) is 0 Å². The number of carbonyl (C=O) groups is 2. The van der Waals surface area contributed by atoms with E-state index in [2.05, 4.69) is 24.1 Å². The largest absolute Gasteiger partial charge is 0.449 e. The molecule has 6 heteroatoms. The maximum atomic E-state index is 12.9. The minimum Gasteiger partial charge on any atom is -0.449 e. The van der Waals surface area contributed by atoms with Gasteiger partial charge in [0.25, 0.3) is 5.91 Å². The molecule has 0 saturated heterocycles. The molecule has 0 saturated carbocycles. The lowest BCUT2D eigenvalue weighted by Gasteiger charge is -2.21. The summed E-state index contributed by atoms with van der Waals surface area (Å²) >= 11 is 0. The summed E-state index contributed by atoms with van der Waals surface area (Å²) in [6.07, 6.45) is -0.977. The van der Waals surface area contributed by atoms with E-state index in [9.17, 15) is 14.0 Å². The van der Waals surface area contributed by atoms with Crippen molar-refractivity contribution in [1.29, 1.82) is 0 Å². The highest BCUT2D eigenvalue weighted by atomic mass is 19.1. The number of hydrogen-bond acceptors (Lipinski definition) is 4. The Hall–Kier alpha value is -2.89. The molecule has 0 unspecified atom stereocenters. The van der Waals surface area contributed by atoms with Crippen LogP contribution in [0.15, 0.2) is 48.5 Å². The number of nitrogens with zero attached hydrogens (tertiary/aromatic N) is 1. The summed E-state index contributed by atoms with van der Waals surface area (Å²) in [5.74, 6) is -1.45. The first-order valence-corrected chi connectivity index (χ1v) is 8.57. The van der Waals surface area contributed by atoms with E-state index in [0.717, 1.165) is 18.8 Å².